The second-order valence-electron chi connectivity index (χ2n) is 7.92. The van der Waals surface area contributed by atoms with Crippen LogP contribution in [0.1, 0.15) is 48.1 Å². The molecule has 0 N–H and O–H groups in total. The molecule has 3 rings (SSSR count). The van der Waals surface area contributed by atoms with Gasteiger partial charge in [-0.15, -0.1) is 11.3 Å². The number of fused-ring (bicyclic) bond motifs is 1. The summed E-state index contributed by atoms with van der Waals surface area (Å²) in [6, 6.07) is 13.2. The third-order valence-corrected chi connectivity index (χ3v) is 7.42. The van der Waals surface area contributed by atoms with E-state index in [1.807, 2.05) is 0 Å². The molecule has 0 spiro atoms. The Morgan fingerprint density at radius 2 is 1.87 bits per heavy atom. The van der Waals surface area contributed by atoms with Gasteiger partial charge in [0.05, 0.1) is 0 Å². The Bertz CT molecular complexity index is 1140. The van der Waals surface area contributed by atoms with E-state index in [0.29, 0.717) is 6.42 Å². The molecule has 0 amide bonds. The van der Waals surface area contributed by atoms with Crippen molar-refractivity contribution in [2.45, 2.75) is 47.0 Å². The van der Waals surface area contributed by atoms with E-state index in [-0.39, 0.29) is 11.5 Å². The molecular formula is C26H29NO2S2. The van der Waals surface area contributed by atoms with Gasteiger partial charge in [0.2, 0.25) is 6.54 Å². The Morgan fingerprint density at radius 3 is 2.61 bits per heavy atom. The molecule has 31 heavy (non-hydrogen) atoms. The van der Waals surface area contributed by atoms with Gasteiger partial charge in [-0.25, -0.2) is 0 Å². The maximum absolute atomic E-state index is 10.7. The van der Waals surface area contributed by atoms with Gasteiger partial charge < -0.3 is 0 Å². The number of thioether (sulfide) groups is 1. The van der Waals surface area contributed by atoms with Crippen LogP contribution < -0.4 is 0 Å². The summed E-state index contributed by atoms with van der Waals surface area (Å²) in [5, 5.41) is 16.4. The fourth-order valence-electron chi connectivity index (χ4n) is 3.65. The van der Waals surface area contributed by atoms with Crippen LogP contribution in [0.5, 0.6) is 0 Å². The quantitative estimate of drug-likeness (QED) is 0.245. The zero-order valence-electron chi connectivity index (χ0n) is 18.6. The van der Waals surface area contributed by atoms with E-state index >= 15 is 0 Å². The van der Waals surface area contributed by atoms with E-state index in [9.17, 15) is 10.1 Å². The van der Waals surface area contributed by atoms with Crippen molar-refractivity contribution in [2.24, 2.45) is 0 Å². The minimum absolute atomic E-state index is 0.0150. The van der Waals surface area contributed by atoms with E-state index < -0.39 is 0 Å². The van der Waals surface area contributed by atoms with Crippen molar-refractivity contribution in [3.05, 3.63) is 96.8 Å². The Kier molecular flexibility index (Phi) is 8.10. The number of hydrogen-bond donors (Lipinski definition) is 0. The zero-order valence-corrected chi connectivity index (χ0v) is 20.2. The number of hydrogen-bond acceptors (Lipinski definition) is 4. The maximum Gasteiger partial charge on any atom is 0.207 e. The van der Waals surface area contributed by atoms with Crippen molar-refractivity contribution in [3.63, 3.8) is 0 Å². The summed E-state index contributed by atoms with van der Waals surface area (Å²) in [6.45, 7) is 8.48. The number of thiophene rings is 1. The normalized spacial score (nSPS) is 12.5. The van der Waals surface area contributed by atoms with Gasteiger partial charge in [0.25, 0.3) is 0 Å². The highest BCUT2D eigenvalue weighted by molar-refractivity contribution is 8.10. The van der Waals surface area contributed by atoms with Crippen molar-refractivity contribution in [2.75, 3.05) is 6.54 Å². The molecule has 0 aliphatic carbocycles. The predicted octanol–water partition coefficient (Wildman–Crippen LogP) is 7.97. The molecule has 3 aromatic rings. The summed E-state index contributed by atoms with van der Waals surface area (Å²) in [4.78, 5) is 11.7. The fraction of sp³-hybridized carbons (Fsp3) is 0.308. The van der Waals surface area contributed by atoms with E-state index in [0.717, 1.165) is 24.0 Å². The van der Waals surface area contributed by atoms with Gasteiger partial charge in [-0.05, 0) is 95.8 Å². The van der Waals surface area contributed by atoms with Crippen molar-refractivity contribution in [1.29, 1.82) is 0 Å². The molecular weight excluding hydrogens is 422 g/mol. The standard InChI is InChI=1S/C26H29NO2S2/c1-5-6-25(22-7-8-26-23(16-22)10-12-30-26)31-17-18(2)13-24-15-19(3)21(14-20(24)4)9-11-27(28)29/h6-8,10,12,14-17H,5,9,11,13H2,1-4H3/b18-17+,25-6-. The first-order valence-electron chi connectivity index (χ1n) is 10.6. The fourth-order valence-corrected chi connectivity index (χ4v) is 5.36. The van der Waals surface area contributed by atoms with Crippen molar-refractivity contribution in [1.82, 2.24) is 0 Å². The molecule has 0 fully saturated rings. The predicted molar refractivity (Wildman–Crippen MR) is 137 cm³/mol. The molecule has 0 radical (unpaired) electrons. The van der Waals surface area contributed by atoms with Gasteiger partial charge >= 0.3 is 0 Å². The first kappa shape index (κ1) is 23.3. The molecule has 0 aliphatic rings. The lowest BCUT2D eigenvalue weighted by atomic mass is 9.95. The Hall–Kier alpha value is -2.37. The summed E-state index contributed by atoms with van der Waals surface area (Å²) in [7, 11) is 0. The second-order valence-corrected chi connectivity index (χ2v) is 9.78. The molecule has 2 aromatic carbocycles. The molecule has 0 unspecified atom stereocenters. The Morgan fingerprint density at radius 1 is 1.13 bits per heavy atom. The van der Waals surface area contributed by atoms with Crippen LogP contribution in [-0.2, 0) is 12.8 Å². The summed E-state index contributed by atoms with van der Waals surface area (Å²) >= 11 is 3.57. The lowest BCUT2D eigenvalue weighted by Crippen LogP contribution is -2.06. The number of aryl methyl sites for hydroxylation is 2. The third-order valence-electron chi connectivity index (χ3n) is 5.34. The largest absolute Gasteiger partial charge is 0.265 e. The average molecular weight is 452 g/mol. The van der Waals surface area contributed by atoms with Crippen LogP contribution in [-0.4, -0.2) is 11.5 Å². The average Bonchev–Trinajstić information content (AvgIpc) is 3.20. The van der Waals surface area contributed by atoms with Gasteiger partial charge in [0.15, 0.2) is 0 Å². The Labute approximate surface area is 193 Å². The molecule has 0 saturated heterocycles. The number of rotatable bonds is 9. The van der Waals surface area contributed by atoms with Crippen LogP contribution in [0.2, 0.25) is 0 Å². The topological polar surface area (TPSA) is 43.1 Å². The van der Waals surface area contributed by atoms with Crippen LogP contribution in [0.15, 0.2) is 58.8 Å². The smallest absolute Gasteiger partial charge is 0.207 e. The van der Waals surface area contributed by atoms with Crippen LogP contribution >= 0.6 is 23.1 Å². The molecule has 5 heteroatoms. The first-order valence-corrected chi connectivity index (χ1v) is 12.3. The molecule has 1 aromatic heterocycles. The second kappa shape index (κ2) is 10.8. The van der Waals surface area contributed by atoms with Gasteiger partial charge in [0.1, 0.15) is 0 Å². The van der Waals surface area contributed by atoms with E-state index in [1.54, 1.807) is 23.1 Å². The highest BCUT2D eigenvalue weighted by Crippen LogP contribution is 2.33. The number of allylic oxidation sites excluding steroid dienone is 2. The van der Waals surface area contributed by atoms with Crippen LogP contribution in [0.25, 0.3) is 15.0 Å². The van der Waals surface area contributed by atoms with E-state index in [4.69, 9.17) is 0 Å². The first-order chi connectivity index (χ1) is 14.9. The van der Waals surface area contributed by atoms with Crippen LogP contribution in [0.3, 0.4) is 0 Å². The minimum Gasteiger partial charge on any atom is -0.265 e. The third kappa shape index (κ3) is 6.31. The summed E-state index contributed by atoms with van der Waals surface area (Å²) in [5.41, 5.74) is 7.28. The molecule has 162 valence electrons. The van der Waals surface area contributed by atoms with Crippen LogP contribution in [0, 0.1) is 24.0 Å². The minimum atomic E-state index is -0.246. The SMILES string of the molecule is CC/C=C(\S/C=C(\C)Cc1cc(C)c(CC[N+](=O)[O-])cc1C)c1ccc2sccc2c1. The summed E-state index contributed by atoms with van der Waals surface area (Å²) < 4.78 is 1.32. The van der Waals surface area contributed by atoms with Gasteiger partial charge in [-0.2, -0.15) is 0 Å². The number of nitrogens with zero attached hydrogens (tertiary/aromatic N) is 1. The van der Waals surface area contributed by atoms with E-state index in [2.05, 4.69) is 81.0 Å². The number of nitro groups is 1. The van der Waals surface area contributed by atoms with Crippen molar-refractivity contribution in [3.8, 4) is 0 Å². The van der Waals surface area contributed by atoms with E-state index in [1.165, 1.54) is 37.3 Å². The molecule has 0 aliphatic heterocycles. The van der Waals surface area contributed by atoms with Crippen molar-refractivity contribution < 1.29 is 4.92 Å². The lowest BCUT2D eigenvalue weighted by Gasteiger charge is -2.12. The molecule has 0 bridgehead atoms. The lowest BCUT2D eigenvalue weighted by molar-refractivity contribution is -0.479. The van der Waals surface area contributed by atoms with Gasteiger partial charge in [-0.1, -0.05) is 48.5 Å². The Balaban J connectivity index is 1.73. The highest BCUT2D eigenvalue weighted by atomic mass is 32.2. The van der Waals surface area contributed by atoms with Gasteiger partial charge in [0, 0.05) is 20.9 Å². The number of benzene rings is 2. The van der Waals surface area contributed by atoms with Crippen molar-refractivity contribution >= 4 is 38.1 Å². The highest BCUT2D eigenvalue weighted by Gasteiger charge is 2.09. The molecule has 0 saturated carbocycles. The van der Waals surface area contributed by atoms with Gasteiger partial charge in [-0.3, -0.25) is 10.1 Å². The molecule has 1 heterocycles. The van der Waals surface area contributed by atoms with Crippen LogP contribution in [0.4, 0.5) is 0 Å². The maximum atomic E-state index is 10.7. The summed E-state index contributed by atoms with van der Waals surface area (Å²) in [5.74, 6) is 0. The zero-order chi connectivity index (χ0) is 22.4. The molecule has 0 atom stereocenters. The molecule has 3 nitrogen and oxygen atoms in total. The monoisotopic (exact) mass is 451 g/mol. The summed E-state index contributed by atoms with van der Waals surface area (Å²) in [6.07, 6.45) is 4.67.